The first-order valence-corrected chi connectivity index (χ1v) is 11.3. The summed E-state index contributed by atoms with van der Waals surface area (Å²) in [5, 5.41) is 8.52. The quantitative estimate of drug-likeness (QED) is 0.660. The van der Waals surface area contributed by atoms with Crippen LogP contribution >= 0.6 is 0 Å². The molecule has 4 rings (SSSR count). The molecule has 2 aliphatic rings. The highest BCUT2D eigenvalue weighted by Gasteiger charge is 2.41. The molecule has 8 nitrogen and oxygen atoms in total. The first-order chi connectivity index (χ1) is 14.4. The van der Waals surface area contributed by atoms with E-state index in [1.54, 1.807) is 0 Å². The number of hydrogen-bond donors (Lipinski definition) is 0. The summed E-state index contributed by atoms with van der Waals surface area (Å²) in [6.07, 6.45) is 8.52. The van der Waals surface area contributed by atoms with Crippen molar-refractivity contribution in [1.82, 2.24) is 34.8 Å². The number of anilines is 1. The number of rotatable bonds is 8. The predicted octanol–water partition coefficient (Wildman–Crippen LogP) is 2.42. The van der Waals surface area contributed by atoms with Gasteiger partial charge in [0.15, 0.2) is 0 Å². The van der Waals surface area contributed by atoms with Gasteiger partial charge in [-0.1, -0.05) is 19.1 Å². The first kappa shape index (κ1) is 21.2. The minimum Gasteiger partial charge on any atom is -0.332 e. The zero-order chi connectivity index (χ0) is 21.3. The summed E-state index contributed by atoms with van der Waals surface area (Å²) in [5.41, 5.74) is 2.12. The third-order valence-electron chi connectivity index (χ3n) is 6.19. The number of piperazine rings is 1. The fraction of sp³-hybridized carbons (Fsp3) is 0.727. The van der Waals surface area contributed by atoms with Crippen molar-refractivity contribution in [3.05, 3.63) is 29.8 Å². The van der Waals surface area contributed by atoms with E-state index in [0.29, 0.717) is 24.0 Å². The van der Waals surface area contributed by atoms with Gasteiger partial charge in [-0.2, -0.15) is 0 Å². The van der Waals surface area contributed by atoms with Crippen LogP contribution in [-0.4, -0.2) is 73.0 Å². The maximum absolute atomic E-state index is 4.75. The Morgan fingerprint density at radius 2 is 1.70 bits per heavy atom. The number of hydrogen-bond acceptors (Lipinski definition) is 7. The lowest BCUT2D eigenvalue weighted by molar-refractivity contribution is 0.176. The Morgan fingerprint density at radius 1 is 1.03 bits per heavy atom. The number of likely N-dealkylation sites (tertiary alicyclic amines) is 1. The minimum atomic E-state index is 0.549. The van der Waals surface area contributed by atoms with Crippen molar-refractivity contribution < 1.29 is 0 Å². The topological polar surface area (TPSA) is 66.2 Å². The second kappa shape index (κ2) is 8.98. The van der Waals surface area contributed by atoms with Gasteiger partial charge in [-0.15, -0.1) is 5.10 Å². The molecule has 2 saturated heterocycles. The van der Waals surface area contributed by atoms with Gasteiger partial charge in [-0.25, -0.2) is 9.97 Å². The average Bonchev–Trinajstić information content (AvgIpc) is 3.22. The van der Waals surface area contributed by atoms with Gasteiger partial charge in [0.2, 0.25) is 5.95 Å². The molecule has 2 aromatic heterocycles. The second-order valence-corrected chi connectivity index (χ2v) is 9.73. The lowest BCUT2D eigenvalue weighted by atomic mass is 10.1. The van der Waals surface area contributed by atoms with Crippen molar-refractivity contribution in [2.75, 3.05) is 25.0 Å². The predicted molar refractivity (Wildman–Crippen MR) is 118 cm³/mol. The van der Waals surface area contributed by atoms with E-state index < -0.39 is 0 Å². The van der Waals surface area contributed by atoms with Crippen LogP contribution in [0.25, 0.3) is 0 Å². The van der Waals surface area contributed by atoms with Crippen LogP contribution in [0, 0.1) is 5.92 Å². The lowest BCUT2D eigenvalue weighted by Crippen LogP contribution is -2.56. The standard InChI is InChI=1S/C22H36N8/c1-16(2)10-29-13-19(25-26-29)12-27(5)11-18-8-23-22(24-9-18)30-20-6-7-21(30)15-28(14-20)17(3)4/h8-9,13,16-17,20-21H,6-7,10-12,14-15H2,1-5H3. The lowest BCUT2D eigenvalue weighted by Gasteiger charge is -2.42. The van der Waals surface area contributed by atoms with Crippen LogP contribution in [0.4, 0.5) is 5.95 Å². The zero-order valence-electron chi connectivity index (χ0n) is 19.1. The molecule has 2 atom stereocenters. The molecule has 0 aliphatic carbocycles. The van der Waals surface area contributed by atoms with Crippen LogP contribution in [0.15, 0.2) is 18.6 Å². The summed E-state index contributed by atoms with van der Waals surface area (Å²) < 4.78 is 1.93. The van der Waals surface area contributed by atoms with E-state index in [2.05, 4.69) is 59.8 Å². The maximum atomic E-state index is 4.75. The Kier molecular flexibility index (Phi) is 6.34. The largest absolute Gasteiger partial charge is 0.332 e. The molecule has 0 aromatic carbocycles. The van der Waals surface area contributed by atoms with Crippen LogP contribution in [-0.2, 0) is 19.6 Å². The van der Waals surface area contributed by atoms with E-state index >= 15 is 0 Å². The average molecular weight is 413 g/mol. The van der Waals surface area contributed by atoms with E-state index in [0.717, 1.165) is 49.9 Å². The second-order valence-electron chi connectivity index (χ2n) is 9.73. The molecule has 0 radical (unpaired) electrons. The zero-order valence-corrected chi connectivity index (χ0v) is 19.1. The van der Waals surface area contributed by atoms with Crippen molar-refractivity contribution in [3.8, 4) is 0 Å². The Hall–Kier alpha value is -2.06. The van der Waals surface area contributed by atoms with E-state index in [-0.39, 0.29) is 0 Å². The van der Waals surface area contributed by atoms with Crippen molar-refractivity contribution in [1.29, 1.82) is 0 Å². The highest BCUT2D eigenvalue weighted by molar-refractivity contribution is 5.37. The van der Waals surface area contributed by atoms with Gasteiger partial charge in [0, 0.05) is 75.0 Å². The highest BCUT2D eigenvalue weighted by Crippen LogP contribution is 2.33. The van der Waals surface area contributed by atoms with E-state index in [4.69, 9.17) is 9.97 Å². The fourth-order valence-electron chi connectivity index (χ4n) is 4.77. The van der Waals surface area contributed by atoms with Crippen LogP contribution in [0.2, 0.25) is 0 Å². The van der Waals surface area contributed by atoms with Gasteiger partial charge in [-0.05, 0) is 39.7 Å². The SMILES string of the molecule is CC(C)Cn1cc(CN(C)Cc2cnc(N3C4CCC3CN(C(C)C)C4)nc2)nn1. The molecule has 0 N–H and O–H groups in total. The fourth-order valence-corrected chi connectivity index (χ4v) is 4.77. The molecule has 2 fully saturated rings. The van der Waals surface area contributed by atoms with Crippen molar-refractivity contribution in [2.24, 2.45) is 5.92 Å². The van der Waals surface area contributed by atoms with E-state index in [1.807, 2.05) is 23.3 Å². The summed E-state index contributed by atoms with van der Waals surface area (Å²) in [5.74, 6) is 1.46. The van der Waals surface area contributed by atoms with Crippen LogP contribution in [0.1, 0.15) is 51.8 Å². The molecule has 2 bridgehead atoms. The van der Waals surface area contributed by atoms with Gasteiger partial charge in [0.25, 0.3) is 0 Å². The summed E-state index contributed by atoms with van der Waals surface area (Å²) in [6, 6.07) is 1.71. The minimum absolute atomic E-state index is 0.549. The monoisotopic (exact) mass is 412 g/mol. The van der Waals surface area contributed by atoms with Crippen molar-refractivity contribution >= 4 is 5.95 Å². The van der Waals surface area contributed by atoms with Gasteiger partial charge in [0.1, 0.15) is 0 Å². The third kappa shape index (κ3) is 4.81. The van der Waals surface area contributed by atoms with Crippen molar-refractivity contribution in [2.45, 2.75) is 78.3 Å². The van der Waals surface area contributed by atoms with Gasteiger partial charge in [0.05, 0.1) is 5.69 Å². The summed E-state index contributed by atoms with van der Waals surface area (Å²) in [4.78, 5) is 16.8. The van der Waals surface area contributed by atoms with E-state index in [9.17, 15) is 0 Å². The Bertz CT molecular complexity index is 801. The highest BCUT2D eigenvalue weighted by atomic mass is 15.4. The summed E-state index contributed by atoms with van der Waals surface area (Å²) >= 11 is 0. The van der Waals surface area contributed by atoms with Gasteiger partial charge in [-0.3, -0.25) is 14.5 Å². The molecular formula is C22H36N8. The molecule has 164 valence electrons. The van der Waals surface area contributed by atoms with Gasteiger partial charge >= 0.3 is 0 Å². The number of nitrogens with zero attached hydrogens (tertiary/aromatic N) is 8. The molecular weight excluding hydrogens is 376 g/mol. The number of fused-ring (bicyclic) bond motifs is 2. The Morgan fingerprint density at radius 3 is 2.30 bits per heavy atom. The Balaban J connectivity index is 1.33. The third-order valence-corrected chi connectivity index (χ3v) is 6.19. The molecule has 0 saturated carbocycles. The molecule has 0 amide bonds. The van der Waals surface area contributed by atoms with Gasteiger partial charge < -0.3 is 4.90 Å². The smallest absolute Gasteiger partial charge is 0.225 e. The van der Waals surface area contributed by atoms with E-state index in [1.165, 1.54) is 12.8 Å². The molecule has 2 unspecified atom stereocenters. The van der Waals surface area contributed by atoms with Crippen molar-refractivity contribution in [3.63, 3.8) is 0 Å². The first-order valence-electron chi connectivity index (χ1n) is 11.3. The molecule has 0 spiro atoms. The molecule has 8 heteroatoms. The Labute approximate surface area is 180 Å². The normalized spacial score (nSPS) is 22.1. The van der Waals surface area contributed by atoms with Crippen LogP contribution in [0.5, 0.6) is 0 Å². The summed E-state index contributed by atoms with van der Waals surface area (Å²) in [7, 11) is 2.10. The summed E-state index contributed by atoms with van der Waals surface area (Å²) in [6.45, 7) is 13.7. The molecule has 2 aliphatic heterocycles. The molecule has 4 heterocycles. The molecule has 2 aromatic rings. The molecule has 30 heavy (non-hydrogen) atoms. The number of aromatic nitrogens is 5. The maximum Gasteiger partial charge on any atom is 0.225 e. The van der Waals surface area contributed by atoms with Crippen LogP contribution in [0.3, 0.4) is 0 Å². The van der Waals surface area contributed by atoms with Crippen LogP contribution < -0.4 is 4.90 Å².